The van der Waals surface area contributed by atoms with Gasteiger partial charge in [-0.3, -0.25) is 0 Å². The van der Waals surface area contributed by atoms with E-state index in [0.29, 0.717) is 6.04 Å². The maximum atomic E-state index is 12.6. The molecule has 1 unspecified atom stereocenters. The van der Waals surface area contributed by atoms with E-state index in [2.05, 4.69) is 0 Å². The molecule has 0 amide bonds. The van der Waals surface area contributed by atoms with Crippen LogP contribution in [0.2, 0.25) is 6.04 Å². The van der Waals surface area contributed by atoms with E-state index in [0.717, 1.165) is 5.56 Å². The molecular weight excluding hydrogens is 262 g/mol. The van der Waals surface area contributed by atoms with Crippen LogP contribution in [0.5, 0.6) is 0 Å². The first-order valence-electron chi connectivity index (χ1n) is 4.21. The summed E-state index contributed by atoms with van der Waals surface area (Å²) in [5, 5.41) is 0. The Bertz CT molecular complexity index is 294. The summed E-state index contributed by atoms with van der Waals surface area (Å²) in [6.07, 6.45) is 0. The van der Waals surface area contributed by atoms with Crippen molar-refractivity contribution >= 4 is 39.2 Å². The molecule has 0 nitrogen and oxygen atoms in total. The van der Waals surface area contributed by atoms with Crippen molar-refractivity contribution in [2.45, 2.75) is 18.9 Å². The molecule has 1 aromatic carbocycles. The van der Waals surface area contributed by atoms with Gasteiger partial charge in [-0.05, 0) is 29.7 Å². The summed E-state index contributed by atoms with van der Waals surface area (Å²) in [7, 11) is 0. The van der Waals surface area contributed by atoms with Gasteiger partial charge < -0.3 is 0 Å². The van der Waals surface area contributed by atoms with Crippen molar-refractivity contribution in [2.24, 2.45) is 0 Å². The fraction of sp³-hybridized carbons (Fsp3) is 0.333. The monoisotopic (exact) mass is 270 g/mol. The summed E-state index contributed by atoms with van der Waals surface area (Å²) in [4.78, 5) is 0. The Labute approximate surface area is 98.1 Å². The van der Waals surface area contributed by atoms with Crippen LogP contribution in [0.1, 0.15) is 18.4 Å². The predicted octanol–water partition coefficient (Wildman–Crippen LogP) is 4.58. The zero-order valence-electron chi connectivity index (χ0n) is 7.61. The number of rotatable bonds is 3. The molecule has 0 saturated carbocycles. The smallest absolute Gasteiger partial charge is 0.207 e. The zero-order valence-corrected chi connectivity index (χ0v) is 10.9. The Kier molecular flexibility index (Phi) is 4.25. The van der Waals surface area contributed by atoms with E-state index in [1.807, 2.05) is 6.92 Å². The predicted molar refractivity (Wildman–Crippen MR) is 62.9 cm³/mol. The van der Waals surface area contributed by atoms with Crippen LogP contribution >= 0.6 is 33.2 Å². The van der Waals surface area contributed by atoms with E-state index in [1.165, 1.54) is 12.1 Å². The quantitative estimate of drug-likeness (QED) is 0.557. The van der Waals surface area contributed by atoms with Gasteiger partial charge in [0.2, 0.25) is 0 Å². The maximum absolute atomic E-state index is 12.6. The normalized spacial score (nSPS) is 14.1. The second kappa shape index (κ2) is 4.84. The molecule has 0 saturated heterocycles. The van der Waals surface area contributed by atoms with Gasteiger partial charge in [0.25, 0.3) is 0 Å². The Morgan fingerprint density at radius 1 is 1.21 bits per heavy atom. The first kappa shape index (κ1) is 12.3. The Morgan fingerprint density at radius 2 is 1.71 bits per heavy atom. The third kappa shape index (κ3) is 4.18. The SMILES string of the molecule is CC(C[Si](Cl)(Cl)Cl)c1ccc(F)cc1. The van der Waals surface area contributed by atoms with Crippen LogP contribution < -0.4 is 0 Å². The molecule has 0 N–H and O–H groups in total. The summed E-state index contributed by atoms with van der Waals surface area (Å²) in [6.45, 7) is 1.97. The fourth-order valence-electron chi connectivity index (χ4n) is 1.26. The molecule has 78 valence electrons. The van der Waals surface area contributed by atoms with Crippen molar-refractivity contribution in [1.82, 2.24) is 0 Å². The van der Waals surface area contributed by atoms with Gasteiger partial charge in [0.1, 0.15) is 5.82 Å². The van der Waals surface area contributed by atoms with Crippen molar-refractivity contribution in [3.8, 4) is 0 Å². The molecule has 1 aromatic rings. The van der Waals surface area contributed by atoms with Crippen molar-refractivity contribution in [1.29, 1.82) is 0 Å². The minimum absolute atomic E-state index is 0.162. The molecular formula is C9H10Cl3FSi. The largest absolute Gasteiger partial charge is 0.342 e. The van der Waals surface area contributed by atoms with E-state index in [4.69, 9.17) is 33.2 Å². The number of hydrogen-bond donors (Lipinski definition) is 0. The van der Waals surface area contributed by atoms with Gasteiger partial charge >= 0.3 is 6.00 Å². The van der Waals surface area contributed by atoms with Crippen molar-refractivity contribution < 1.29 is 4.39 Å². The van der Waals surface area contributed by atoms with Crippen LogP contribution in [-0.2, 0) is 0 Å². The molecule has 0 aliphatic carbocycles. The van der Waals surface area contributed by atoms with E-state index in [9.17, 15) is 4.39 Å². The van der Waals surface area contributed by atoms with Crippen LogP contribution in [0.3, 0.4) is 0 Å². The van der Waals surface area contributed by atoms with Crippen molar-refractivity contribution in [2.75, 3.05) is 0 Å². The van der Waals surface area contributed by atoms with Crippen LogP contribution in [0.4, 0.5) is 4.39 Å². The van der Waals surface area contributed by atoms with Gasteiger partial charge in [0.15, 0.2) is 0 Å². The fourth-order valence-corrected chi connectivity index (χ4v) is 4.27. The van der Waals surface area contributed by atoms with Crippen LogP contribution in [0.25, 0.3) is 0 Å². The van der Waals surface area contributed by atoms with Gasteiger partial charge in [-0.2, -0.15) is 0 Å². The lowest BCUT2D eigenvalue weighted by molar-refractivity contribution is 0.626. The summed E-state index contributed by atoms with van der Waals surface area (Å²) in [5.41, 5.74) is 1.00. The van der Waals surface area contributed by atoms with Gasteiger partial charge in [0, 0.05) is 0 Å². The average molecular weight is 272 g/mol. The van der Waals surface area contributed by atoms with Gasteiger partial charge in [-0.1, -0.05) is 19.1 Å². The molecule has 0 spiro atoms. The second-order valence-corrected chi connectivity index (χ2v) is 12.5. The molecule has 0 fully saturated rings. The molecule has 0 aromatic heterocycles. The highest BCUT2D eigenvalue weighted by Gasteiger charge is 2.28. The van der Waals surface area contributed by atoms with Gasteiger partial charge in [0.05, 0.1) is 0 Å². The highest BCUT2D eigenvalue weighted by Crippen LogP contribution is 2.33. The lowest BCUT2D eigenvalue weighted by Gasteiger charge is -2.15. The third-order valence-corrected chi connectivity index (χ3v) is 4.44. The molecule has 14 heavy (non-hydrogen) atoms. The number of benzene rings is 1. The Morgan fingerprint density at radius 3 is 2.14 bits per heavy atom. The van der Waals surface area contributed by atoms with E-state index in [-0.39, 0.29) is 11.7 Å². The van der Waals surface area contributed by atoms with E-state index in [1.54, 1.807) is 12.1 Å². The number of hydrogen-bond acceptors (Lipinski definition) is 0. The summed E-state index contributed by atoms with van der Waals surface area (Å²) >= 11 is 17.4. The lowest BCUT2D eigenvalue weighted by atomic mass is 10.0. The Balaban J connectivity index is 2.70. The molecule has 0 aliphatic heterocycles. The van der Waals surface area contributed by atoms with Crippen LogP contribution in [0.15, 0.2) is 24.3 Å². The van der Waals surface area contributed by atoms with Gasteiger partial charge in [-0.15, -0.1) is 33.2 Å². The summed E-state index contributed by atoms with van der Waals surface area (Å²) in [6, 6.07) is 4.26. The minimum atomic E-state index is -2.59. The minimum Gasteiger partial charge on any atom is -0.207 e. The van der Waals surface area contributed by atoms with Crippen molar-refractivity contribution in [3.63, 3.8) is 0 Å². The third-order valence-electron chi connectivity index (χ3n) is 1.98. The molecule has 1 atom stereocenters. The van der Waals surface area contributed by atoms with E-state index >= 15 is 0 Å². The topological polar surface area (TPSA) is 0 Å². The van der Waals surface area contributed by atoms with Crippen molar-refractivity contribution in [3.05, 3.63) is 35.6 Å². The lowest BCUT2D eigenvalue weighted by Crippen LogP contribution is -2.12. The molecule has 1 rings (SSSR count). The standard InChI is InChI=1S/C9H10Cl3FSi/c1-7(6-14(10,11)12)8-2-4-9(13)5-3-8/h2-5,7H,6H2,1H3. The summed E-state index contributed by atoms with van der Waals surface area (Å²) in [5.74, 6) is -0.0816. The molecule has 0 aliphatic rings. The molecule has 0 radical (unpaired) electrons. The molecule has 0 heterocycles. The summed E-state index contributed by atoms with van der Waals surface area (Å²) < 4.78 is 12.6. The molecule has 5 heteroatoms. The highest BCUT2D eigenvalue weighted by atomic mass is 35.8. The molecule has 0 bridgehead atoms. The number of halogens is 4. The first-order valence-corrected chi connectivity index (χ1v) is 9.45. The van der Waals surface area contributed by atoms with E-state index < -0.39 is 6.00 Å². The van der Waals surface area contributed by atoms with Crippen LogP contribution in [0, 0.1) is 5.82 Å². The second-order valence-electron chi connectivity index (χ2n) is 3.27. The maximum Gasteiger partial charge on any atom is 0.342 e. The average Bonchev–Trinajstić information content (AvgIpc) is 2.02. The first-order chi connectivity index (χ1) is 6.38. The zero-order chi connectivity index (χ0) is 10.8. The van der Waals surface area contributed by atoms with Gasteiger partial charge in [-0.25, -0.2) is 4.39 Å². The highest BCUT2D eigenvalue weighted by molar-refractivity contribution is 7.64. The Hall–Kier alpha value is 0.237. The van der Waals surface area contributed by atoms with Crippen LogP contribution in [-0.4, -0.2) is 6.00 Å².